The van der Waals surface area contributed by atoms with Crippen LogP contribution in [0.3, 0.4) is 0 Å². The van der Waals surface area contributed by atoms with Gasteiger partial charge < -0.3 is 4.90 Å². The number of nitrogens with one attached hydrogen (secondary N) is 1. The molecule has 1 saturated heterocycles. The number of likely N-dealkylation sites (tertiary alicyclic amines) is 1. The highest BCUT2D eigenvalue weighted by Gasteiger charge is 2.54. The summed E-state index contributed by atoms with van der Waals surface area (Å²) < 4.78 is 14.2. The Morgan fingerprint density at radius 3 is 2.81 bits per heavy atom. The van der Waals surface area contributed by atoms with E-state index in [4.69, 9.17) is 0 Å². The maximum Gasteiger partial charge on any atom is 0.241 e. The number of imide groups is 1. The molecule has 3 heterocycles. The largest absolute Gasteiger partial charge is 0.340 e. The Morgan fingerprint density at radius 1 is 1.19 bits per heavy atom. The Balaban J connectivity index is 1.42. The van der Waals surface area contributed by atoms with Crippen LogP contribution in [0, 0.1) is 5.82 Å². The second-order valence-corrected chi connectivity index (χ2v) is 9.68. The standard InChI is InChI=1S/C27H28FN5O3/c1-32(17-23-21-9-2-3-10-22(21)30-31-23)24(34)13-27(19-7-4-8-20(28)12-19)14-25(35)33(26(27)36)16-18-6-5-11-29-15-18/h4-8,11-12,15H,2-3,9-10,13-14,16-17H2,1H3,(H,30,31)/t27-/m0/s1. The van der Waals surface area contributed by atoms with Gasteiger partial charge in [0.05, 0.1) is 24.2 Å². The van der Waals surface area contributed by atoms with Gasteiger partial charge in [0.2, 0.25) is 17.7 Å². The van der Waals surface area contributed by atoms with Crippen molar-refractivity contribution in [1.82, 2.24) is 25.0 Å². The molecule has 5 rings (SSSR count). The Bertz CT molecular complexity index is 1310. The first kappa shape index (κ1) is 23.8. The van der Waals surface area contributed by atoms with Crippen LogP contribution in [0.5, 0.6) is 0 Å². The summed E-state index contributed by atoms with van der Waals surface area (Å²) in [6.07, 6.45) is 6.83. The number of halogens is 1. The van der Waals surface area contributed by atoms with Crippen LogP contribution in [-0.4, -0.2) is 49.8 Å². The van der Waals surface area contributed by atoms with Crippen LogP contribution in [-0.2, 0) is 45.7 Å². The quantitative estimate of drug-likeness (QED) is 0.515. The van der Waals surface area contributed by atoms with Gasteiger partial charge in [0.15, 0.2) is 0 Å². The van der Waals surface area contributed by atoms with Crippen molar-refractivity contribution < 1.29 is 18.8 Å². The number of H-pyrrole nitrogens is 1. The first-order valence-electron chi connectivity index (χ1n) is 12.2. The molecule has 1 atom stereocenters. The molecule has 2 aliphatic rings. The van der Waals surface area contributed by atoms with Gasteiger partial charge in [-0.3, -0.25) is 29.4 Å². The molecular weight excluding hydrogens is 461 g/mol. The topological polar surface area (TPSA) is 99.3 Å². The fourth-order valence-electron chi connectivity index (χ4n) is 5.27. The number of aryl methyl sites for hydroxylation is 1. The Morgan fingerprint density at radius 2 is 2.03 bits per heavy atom. The zero-order valence-corrected chi connectivity index (χ0v) is 20.2. The van der Waals surface area contributed by atoms with E-state index in [1.165, 1.54) is 23.1 Å². The van der Waals surface area contributed by atoms with Gasteiger partial charge >= 0.3 is 0 Å². The molecule has 2 aromatic heterocycles. The van der Waals surface area contributed by atoms with Crippen LogP contribution in [0.4, 0.5) is 4.39 Å². The number of carbonyl (C=O) groups excluding carboxylic acids is 3. The Labute approximate surface area is 208 Å². The predicted octanol–water partition coefficient (Wildman–Crippen LogP) is 3.07. The first-order chi connectivity index (χ1) is 17.4. The molecule has 0 bridgehead atoms. The Hall–Kier alpha value is -3.88. The summed E-state index contributed by atoms with van der Waals surface area (Å²) in [6, 6.07) is 9.14. The van der Waals surface area contributed by atoms with E-state index in [0.717, 1.165) is 47.5 Å². The highest BCUT2D eigenvalue weighted by Crippen LogP contribution is 2.41. The van der Waals surface area contributed by atoms with Crippen LogP contribution in [0.1, 0.15) is 53.8 Å². The molecule has 0 unspecified atom stereocenters. The molecule has 1 fully saturated rings. The first-order valence-corrected chi connectivity index (χ1v) is 12.2. The van der Waals surface area contributed by atoms with E-state index in [0.29, 0.717) is 17.7 Å². The summed E-state index contributed by atoms with van der Waals surface area (Å²) in [5, 5.41) is 7.51. The van der Waals surface area contributed by atoms with Crippen LogP contribution in [0.25, 0.3) is 0 Å². The smallest absolute Gasteiger partial charge is 0.241 e. The van der Waals surface area contributed by atoms with E-state index in [9.17, 15) is 18.8 Å². The van der Waals surface area contributed by atoms with Crippen molar-refractivity contribution in [2.24, 2.45) is 0 Å². The number of aromatic nitrogens is 3. The average Bonchev–Trinajstić information content (AvgIpc) is 3.39. The minimum absolute atomic E-state index is 0.0476. The number of fused-ring (bicyclic) bond motifs is 1. The summed E-state index contributed by atoms with van der Waals surface area (Å²) in [7, 11) is 1.67. The van der Waals surface area contributed by atoms with Crippen LogP contribution < -0.4 is 0 Å². The second kappa shape index (κ2) is 9.64. The highest BCUT2D eigenvalue weighted by molar-refractivity contribution is 6.10. The van der Waals surface area contributed by atoms with Crippen LogP contribution >= 0.6 is 0 Å². The molecule has 186 valence electrons. The van der Waals surface area contributed by atoms with Gasteiger partial charge in [-0.05, 0) is 60.6 Å². The molecule has 1 N–H and O–H groups in total. The van der Waals surface area contributed by atoms with Crippen molar-refractivity contribution in [3.05, 3.63) is 82.7 Å². The Kier molecular flexibility index (Phi) is 6.38. The van der Waals surface area contributed by atoms with E-state index in [-0.39, 0.29) is 25.3 Å². The third-order valence-electron chi connectivity index (χ3n) is 7.26. The summed E-state index contributed by atoms with van der Waals surface area (Å²) >= 11 is 0. The van der Waals surface area contributed by atoms with E-state index in [1.807, 2.05) is 0 Å². The van der Waals surface area contributed by atoms with E-state index < -0.39 is 23.0 Å². The van der Waals surface area contributed by atoms with Crippen molar-refractivity contribution in [2.45, 2.75) is 57.0 Å². The minimum atomic E-state index is -1.47. The number of hydrogen-bond acceptors (Lipinski definition) is 5. The van der Waals surface area contributed by atoms with Gasteiger partial charge in [-0.2, -0.15) is 5.10 Å². The summed E-state index contributed by atoms with van der Waals surface area (Å²) in [4.78, 5) is 47.1. The molecule has 8 nitrogen and oxygen atoms in total. The molecule has 3 amide bonds. The molecule has 1 aromatic carbocycles. The molecule has 9 heteroatoms. The molecule has 36 heavy (non-hydrogen) atoms. The molecule has 3 aromatic rings. The monoisotopic (exact) mass is 489 g/mol. The van der Waals surface area contributed by atoms with Gasteiger partial charge in [-0.1, -0.05) is 18.2 Å². The lowest BCUT2D eigenvalue weighted by atomic mass is 9.75. The highest BCUT2D eigenvalue weighted by atomic mass is 19.1. The number of hydrogen-bond donors (Lipinski definition) is 1. The second-order valence-electron chi connectivity index (χ2n) is 9.68. The average molecular weight is 490 g/mol. The van der Waals surface area contributed by atoms with Gasteiger partial charge in [-0.15, -0.1) is 0 Å². The SMILES string of the molecule is CN(Cc1n[nH]c2c1CCCC2)C(=O)C[C@@]1(c2cccc(F)c2)CC(=O)N(Cc2cccnc2)C1=O. The zero-order valence-electron chi connectivity index (χ0n) is 20.2. The van der Waals surface area contributed by atoms with E-state index in [1.54, 1.807) is 37.6 Å². The van der Waals surface area contributed by atoms with Gasteiger partial charge in [-0.25, -0.2) is 4.39 Å². The number of aromatic amines is 1. The summed E-state index contributed by atoms with van der Waals surface area (Å²) in [6.45, 7) is 0.345. The van der Waals surface area contributed by atoms with Crippen molar-refractivity contribution in [2.75, 3.05) is 7.05 Å². The molecule has 1 aliphatic heterocycles. The van der Waals surface area contributed by atoms with Crippen LogP contribution in [0.15, 0.2) is 48.8 Å². The molecule has 0 saturated carbocycles. The van der Waals surface area contributed by atoms with Gasteiger partial charge in [0.1, 0.15) is 5.82 Å². The molecular formula is C27H28FN5O3. The number of amides is 3. The molecule has 1 aliphatic carbocycles. The fourth-order valence-corrected chi connectivity index (χ4v) is 5.27. The summed E-state index contributed by atoms with van der Waals surface area (Å²) in [5.74, 6) is -1.73. The number of pyridine rings is 1. The number of carbonyl (C=O) groups is 3. The van der Waals surface area contributed by atoms with E-state index >= 15 is 0 Å². The van der Waals surface area contributed by atoms with Crippen molar-refractivity contribution in [1.29, 1.82) is 0 Å². The maximum absolute atomic E-state index is 14.2. The maximum atomic E-state index is 14.2. The van der Waals surface area contributed by atoms with Crippen molar-refractivity contribution in [3.63, 3.8) is 0 Å². The molecule has 0 radical (unpaired) electrons. The number of rotatable bonds is 7. The normalized spacial score (nSPS) is 19.4. The zero-order chi connectivity index (χ0) is 25.3. The molecule has 0 spiro atoms. The van der Waals surface area contributed by atoms with Crippen molar-refractivity contribution >= 4 is 17.7 Å². The lowest BCUT2D eigenvalue weighted by Gasteiger charge is -2.29. The van der Waals surface area contributed by atoms with Gasteiger partial charge in [0.25, 0.3) is 0 Å². The van der Waals surface area contributed by atoms with Crippen molar-refractivity contribution in [3.8, 4) is 0 Å². The summed E-state index contributed by atoms with van der Waals surface area (Å²) in [5.41, 5.74) is 2.66. The van der Waals surface area contributed by atoms with E-state index in [2.05, 4.69) is 15.2 Å². The lowest BCUT2D eigenvalue weighted by molar-refractivity contribution is -0.143. The number of nitrogens with zero attached hydrogens (tertiary/aromatic N) is 4. The number of benzene rings is 1. The third kappa shape index (κ3) is 4.41. The fraction of sp³-hybridized carbons (Fsp3) is 0.370. The van der Waals surface area contributed by atoms with Crippen LogP contribution in [0.2, 0.25) is 0 Å². The minimum Gasteiger partial charge on any atom is -0.340 e. The lowest BCUT2D eigenvalue weighted by Crippen LogP contribution is -2.42. The third-order valence-corrected chi connectivity index (χ3v) is 7.26. The van der Waals surface area contributed by atoms with Gasteiger partial charge in [0, 0.05) is 38.0 Å². The predicted molar refractivity (Wildman–Crippen MR) is 129 cm³/mol.